The van der Waals surface area contributed by atoms with Gasteiger partial charge in [0, 0.05) is 16.5 Å². The molecule has 1 saturated carbocycles. The maximum atomic E-state index is 11.9. The molecule has 0 saturated heterocycles. The van der Waals surface area contributed by atoms with E-state index in [0.717, 1.165) is 12.8 Å². The summed E-state index contributed by atoms with van der Waals surface area (Å²) in [6.07, 6.45) is 5.69. The lowest BCUT2D eigenvalue weighted by atomic mass is 9.95. The average molecular weight is 292 g/mol. The lowest BCUT2D eigenvalue weighted by molar-refractivity contribution is -0.255. The van der Waals surface area contributed by atoms with Gasteiger partial charge in [0.25, 0.3) is 0 Å². The lowest BCUT2D eigenvalue weighted by Gasteiger charge is -2.22. The number of benzene rings is 1. The molecule has 5 heteroatoms. The number of amides is 1. The summed E-state index contributed by atoms with van der Waals surface area (Å²) < 4.78 is 0. The zero-order valence-corrected chi connectivity index (χ0v) is 12.1. The molecule has 1 fully saturated rings. The molecule has 1 N–H and O–H groups in total. The smallest absolute Gasteiger partial charge is 0.230 e. The topological polar surface area (TPSA) is 69.2 Å². The van der Waals surface area contributed by atoms with E-state index in [-0.39, 0.29) is 23.3 Å². The van der Waals surface area contributed by atoms with Gasteiger partial charge < -0.3 is 15.2 Å². The van der Waals surface area contributed by atoms with Crippen LogP contribution < -0.4 is 10.4 Å². The van der Waals surface area contributed by atoms with E-state index < -0.39 is 5.97 Å². The molecule has 0 heterocycles. The third-order valence-electron chi connectivity index (χ3n) is 3.44. The third kappa shape index (κ3) is 4.27. The molecule has 1 aromatic rings. The Kier molecular flexibility index (Phi) is 5.47. The Hall–Kier alpha value is -1.49. The van der Waals surface area contributed by atoms with Crippen molar-refractivity contribution in [2.75, 3.05) is 5.75 Å². The molecule has 0 atom stereocenters. The van der Waals surface area contributed by atoms with Crippen LogP contribution in [0.4, 0.5) is 0 Å². The molecule has 0 aromatic heterocycles. The van der Waals surface area contributed by atoms with Crippen LogP contribution in [0.3, 0.4) is 0 Å². The molecule has 2 rings (SSSR count). The second kappa shape index (κ2) is 7.33. The molecule has 0 radical (unpaired) electrons. The molecule has 0 unspecified atom stereocenters. The summed E-state index contributed by atoms with van der Waals surface area (Å²) in [6.45, 7) is 0. The highest BCUT2D eigenvalue weighted by molar-refractivity contribution is 8.00. The van der Waals surface area contributed by atoms with E-state index in [0.29, 0.717) is 4.90 Å². The predicted molar refractivity (Wildman–Crippen MR) is 76.5 cm³/mol. The van der Waals surface area contributed by atoms with Gasteiger partial charge >= 0.3 is 0 Å². The standard InChI is InChI=1S/C15H19NO3S/c17-14(16-11-6-2-1-3-7-11)10-20-13-9-5-4-8-12(13)15(18)19/h4-5,8-9,11H,1-3,6-7,10H2,(H,16,17)(H,18,19)/p-1. The Labute approximate surface area is 123 Å². The van der Waals surface area contributed by atoms with E-state index in [1.807, 2.05) is 0 Å². The van der Waals surface area contributed by atoms with Crippen LogP contribution in [-0.4, -0.2) is 23.7 Å². The molecule has 1 amide bonds. The van der Waals surface area contributed by atoms with Gasteiger partial charge in [0.15, 0.2) is 0 Å². The first-order valence-electron chi connectivity index (χ1n) is 6.89. The van der Waals surface area contributed by atoms with Crippen molar-refractivity contribution in [3.63, 3.8) is 0 Å². The molecule has 1 aliphatic rings. The van der Waals surface area contributed by atoms with Crippen molar-refractivity contribution >= 4 is 23.6 Å². The van der Waals surface area contributed by atoms with Crippen molar-refractivity contribution < 1.29 is 14.7 Å². The number of aromatic carboxylic acids is 1. The second-order valence-electron chi connectivity index (χ2n) is 4.97. The molecular weight excluding hydrogens is 274 g/mol. The number of hydrogen-bond acceptors (Lipinski definition) is 4. The largest absolute Gasteiger partial charge is 0.545 e. The minimum Gasteiger partial charge on any atom is -0.545 e. The number of hydrogen-bond donors (Lipinski definition) is 1. The van der Waals surface area contributed by atoms with Crippen LogP contribution in [-0.2, 0) is 4.79 Å². The van der Waals surface area contributed by atoms with E-state index >= 15 is 0 Å². The van der Waals surface area contributed by atoms with E-state index in [1.165, 1.54) is 37.1 Å². The van der Waals surface area contributed by atoms with Gasteiger partial charge in [-0.25, -0.2) is 0 Å². The van der Waals surface area contributed by atoms with Gasteiger partial charge in [-0.2, -0.15) is 0 Å². The number of carbonyl (C=O) groups excluding carboxylic acids is 2. The Morgan fingerprint density at radius 3 is 2.60 bits per heavy atom. The van der Waals surface area contributed by atoms with Crippen LogP contribution in [0.2, 0.25) is 0 Å². The van der Waals surface area contributed by atoms with Crippen molar-refractivity contribution in [2.45, 2.75) is 43.0 Å². The molecule has 1 aliphatic carbocycles. The Morgan fingerprint density at radius 1 is 1.20 bits per heavy atom. The maximum absolute atomic E-state index is 11.9. The van der Waals surface area contributed by atoms with E-state index in [1.54, 1.807) is 18.2 Å². The SMILES string of the molecule is O=C(CSc1ccccc1C(=O)[O-])NC1CCCCC1. The van der Waals surface area contributed by atoms with Crippen LogP contribution in [0.1, 0.15) is 42.5 Å². The van der Waals surface area contributed by atoms with Crippen molar-refractivity contribution in [2.24, 2.45) is 0 Å². The molecular formula is C15H18NO3S-. The average Bonchev–Trinajstić information content (AvgIpc) is 2.46. The minimum atomic E-state index is -1.21. The molecule has 4 nitrogen and oxygen atoms in total. The summed E-state index contributed by atoms with van der Waals surface area (Å²) in [5, 5.41) is 14.0. The van der Waals surface area contributed by atoms with Crippen molar-refractivity contribution in [3.05, 3.63) is 29.8 Å². The quantitative estimate of drug-likeness (QED) is 0.837. The molecule has 0 bridgehead atoms. The van der Waals surface area contributed by atoms with Crippen molar-refractivity contribution in [3.8, 4) is 0 Å². The predicted octanol–water partition coefficient (Wildman–Crippen LogP) is 1.59. The summed E-state index contributed by atoms with van der Waals surface area (Å²) >= 11 is 1.24. The second-order valence-corrected chi connectivity index (χ2v) is 5.99. The van der Waals surface area contributed by atoms with Crippen LogP contribution in [0, 0.1) is 0 Å². The van der Waals surface area contributed by atoms with E-state index in [4.69, 9.17) is 0 Å². The zero-order chi connectivity index (χ0) is 14.4. The first-order chi connectivity index (χ1) is 9.66. The normalized spacial score (nSPS) is 15.8. The Balaban J connectivity index is 1.85. The Bertz CT molecular complexity index is 484. The number of nitrogens with one attached hydrogen (secondary N) is 1. The van der Waals surface area contributed by atoms with Gasteiger partial charge in [-0.3, -0.25) is 4.79 Å². The van der Waals surface area contributed by atoms with Crippen LogP contribution in [0.25, 0.3) is 0 Å². The summed E-state index contributed by atoms with van der Waals surface area (Å²) in [7, 11) is 0. The number of carboxylic acid groups (broad SMARTS) is 1. The highest BCUT2D eigenvalue weighted by Crippen LogP contribution is 2.22. The molecule has 1 aromatic carbocycles. The van der Waals surface area contributed by atoms with Gasteiger partial charge in [-0.1, -0.05) is 37.5 Å². The van der Waals surface area contributed by atoms with Crippen LogP contribution in [0.15, 0.2) is 29.2 Å². The van der Waals surface area contributed by atoms with E-state index in [9.17, 15) is 14.7 Å². The maximum Gasteiger partial charge on any atom is 0.230 e. The minimum absolute atomic E-state index is 0.0324. The van der Waals surface area contributed by atoms with Crippen LogP contribution in [0.5, 0.6) is 0 Å². The van der Waals surface area contributed by atoms with Gasteiger partial charge in [0.1, 0.15) is 0 Å². The van der Waals surface area contributed by atoms with E-state index in [2.05, 4.69) is 5.32 Å². The lowest BCUT2D eigenvalue weighted by Crippen LogP contribution is -2.37. The highest BCUT2D eigenvalue weighted by atomic mass is 32.2. The summed E-state index contributed by atoms with van der Waals surface area (Å²) in [4.78, 5) is 23.4. The van der Waals surface area contributed by atoms with Gasteiger partial charge in [0.2, 0.25) is 5.91 Å². The number of thioether (sulfide) groups is 1. The number of carbonyl (C=O) groups is 2. The highest BCUT2D eigenvalue weighted by Gasteiger charge is 2.16. The zero-order valence-electron chi connectivity index (χ0n) is 11.3. The molecule has 0 aliphatic heterocycles. The van der Waals surface area contributed by atoms with Gasteiger partial charge in [-0.15, -0.1) is 11.8 Å². The Morgan fingerprint density at radius 2 is 1.90 bits per heavy atom. The van der Waals surface area contributed by atoms with Crippen molar-refractivity contribution in [1.82, 2.24) is 5.32 Å². The molecule has 108 valence electrons. The number of rotatable bonds is 5. The van der Waals surface area contributed by atoms with Gasteiger partial charge in [0.05, 0.1) is 11.7 Å². The number of carboxylic acids is 1. The summed E-state index contributed by atoms with van der Waals surface area (Å²) in [5.74, 6) is -1.00. The fourth-order valence-electron chi connectivity index (χ4n) is 2.42. The monoisotopic (exact) mass is 292 g/mol. The fourth-order valence-corrected chi connectivity index (χ4v) is 3.27. The van der Waals surface area contributed by atoms with Crippen molar-refractivity contribution in [1.29, 1.82) is 0 Å². The molecule has 0 spiro atoms. The molecule has 20 heavy (non-hydrogen) atoms. The van der Waals surface area contributed by atoms with Crippen LogP contribution >= 0.6 is 11.8 Å². The van der Waals surface area contributed by atoms with Gasteiger partial charge in [-0.05, 0) is 18.9 Å². The summed E-state index contributed by atoms with van der Waals surface area (Å²) in [6, 6.07) is 6.89. The third-order valence-corrected chi connectivity index (χ3v) is 4.51. The fraction of sp³-hybridized carbons (Fsp3) is 0.467. The first-order valence-corrected chi connectivity index (χ1v) is 7.88. The first kappa shape index (κ1) is 14.9. The summed E-state index contributed by atoms with van der Waals surface area (Å²) in [5.41, 5.74) is 0.142.